The lowest BCUT2D eigenvalue weighted by Gasteiger charge is -2.12. The first-order valence-corrected chi connectivity index (χ1v) is 6.66. The molecule has 0 radical (unpaired) electrons. The van der Waals surface area contributed by atoms with Crippen LogP contribution in [0, 0.1) is 18.3 Å². The largest absolute Gasteiger partial charge is 0.457 e. The van der Waals surface area contributed by atoms with E-state index < -0.39 is 11.7 Å². The van der Waals surface area contributed by atoms with E-state index in [1.807, 2.05) is 6.07 Å². The molecule has 0 heterocycles. The summed E-state index contributed by atoms with van der Waals surface area (Å²) in [5.41, 5.74) is 0.321. The van der Waals surface area contributed by atoms with E-state index in [9.17, 15) is 13.2 Å². The van der Waals surface area contributed by atoms with E-state index >= 15 is 0 Å². The van der Waals surface area contributed by atoms with Gasteiger partial charge in [-0.15, -0.1) is 0 Å². The van der Waals surface area contributed by atoms with Gasteiger partial charge in [0, 0.05) is 4.47 Å². The normalized spacial score (nSPS) is 11.0. The van der Waals surface area contributed by atoms with Crippen LogP contribution in [0.2, 0.25) is 0 Å². The average molecular weight is 356 g/mol. The third-order valence-electron chi connectivity index (χ3n) is 2.77. The Morgan fingerprint density at radius 3 is 2.52 bits per heavy atom. The Hall–Kier alpha value is -2.00. The highest BCUT2D eigenvalue weighted by Crippen LogP contribution is 2.34. The van der Waals surface area contributed by atoms with Crippen molar-refractivity contribution in [3.8, 4) is 17.6 Å². The zero-order valence-corrected chi connectivity index (χ0v) is 12.4. The number of rotatable bonds is 2. The summed E-state index contributed by atoms with van der Waals surface area (Å²) >= 11 is 3.22. The van der Waals surface area contributed by atoms with Crippen molar-refractivity contribution in [2.24, 2.45) is 0 Å². The Morgan fingerprint density at radius 1 is 1.19 bits per heavy atom. The number of hydrogen-bond donors (Lipinski definition) is 0. The molecule has 0 N–H and O–H groups in total. The molecule has 6 heteroatoms. The molecule has 0 unspecified atom stereocenters. The van der Waals surface area contributed by atoms with E-state index in [0.717, 1.165) is 12.1 Å². The summed E-state index contributed by atoms with van der Waals surface area (Å²) in [5, 5.41) is 8.90. The summed E-state index contributed by atoms with van der Waals surface area (Å²) in [6.07, 6.45) is -4.42. The molecule has 0 saturated carbocycles. The highest BCUT2D eigenvalue weighted by molar-refractivity contribution is 9.10. The molecule has 0 bridgehead atoms. The highest BCUT2D eigenvalue weighted by atomic mass is 79.9. The van der Waals surface area contributed by atoms with Crippen molar-refractivity contribution >= 4 is 15.9 Å². The zero-order valence-electron chi connectivity index (χ0n) is 10.8. The number of benzene rings is 2. The van der Waals surface area contributed by atoms with Crippen molar-refractivity contribution in [1.29, 1.82) is 5.26 Å². The third kappa shape index (κ3) is 3.56. The molecule has 0 aliphatic rings. The monoisotopic (exact) mass is 355 g/mol. The molecule has 0 atom stereocenters. The molecule has 2 rings (SSSR count). The standard InChI is InChI=1S/C15H9BrF3NO/c1-9-5-10(8-20)13(16)7-14(9)21-12-4-2-3-11(6-12)15(17,18)19/h2-7H,1H3. The van der Waals surface area contributed by atoms with Crippen molar-refractivity contribution in [3.05, 3.63) is 57.6 Å². The summed E-state index contributed by atoms with van der Waals surface area (Å²) < 4.78 is 44.0. The van der Waals surface area contributed by atoms with Gasteiger partial charge in [0.2, 0.25) is 0 Å². The fraction of sp³-hybridized carbons (Fsp3) is 0.133. The van der Waals surface area contributed by atoms with E-state index in [2.05, 4.69) is 15.9 Å². The Bertz CT molecular complexity index is 720. The van der Waals surface area contributed by atoms with Crippen molar-refractivity contribution < 1.29 is 17.9 Å². The van der Waals surface area contributed by atoms with E-state index in [-0.39, 0.29) is 5.75 Å². The van der Waals surface area contributed by atoms with Gasteiger partial charge in [0.05, 0.1) is 11.1 Å². The number of hydrogen-bond acceptors (Lipinski definition) is 2. The summed E-state index contributed by atoms with van der Waals surface area (Å²) in [7, 11) is 0. The number of alkyl halides is 3. The van der Waals surface area contributed by atoms with Crippen molar-refractivity contribution in [2.45, 2.75) is 13.1 Å². The molecule has 108 valence electrons. The lowest BCUT2D eigenvalue weighted by atomic mass is 10.1. The van der Waals surface area contributed by atoms with Gasteiger partial charge in [-0.1, -0.05) is 6.07 Å². The smallest absolute Gasteiger partial charge is 0.416 e. The molecule has 2 aromatic rings. The zero-order chi connectivity index (χ0) is 15.6. The quantitative estimate of drug-likeness (QED) is 0.718. The van der Waals surface area contributed by atoms with E-state index in [4.69, 9.17) is 10.00 Å². The molecular formula is C15H9BrF3NO. The Balaban J connectivity index is 2.35. The predicted octanol–water partition coefficient (Wildman–Crippen LogP) is 5.44. The summed E-state index contributed by atoms with van der Waals surface area (Å²) in [6.45, 7) is 1.72. The number of ether oxygens (including phenoxy) is 1. The minimum Gasteiger partial charge on any atom is -0.457 e. The highest BCUT2D eigenvalue weighted by Gasteiger charge is 2.30. The number of halogens is 4. The maximum absolute atomic E-state index is 12.6. The van der Waals surface area contributed by atoms with Crippen LogP contribution in [0.1, 0.15) is 16.7 Å². The van der Waals surface area contributed by atoms with E-state index in [0.29, 0.717) is 21.3 Å². The minimum absolute atomic E-state index is 0.0875. The number of nitrogens with zero attached hydrogens (tertiary/aromatic N) is 1. The molecular weight excluding hydrogens is 347 g/mol. The number of nitriles is 1. The molecule has 2 nitrogen and oxygen atoms in total. The average Bonchev–Trinajstić information content (AvgIpc) is 2.42. The van der Waals surface area contributed by atoms with Gasteiger partial charge in [0.25, 0.3) is 0 Å². The Morgan fingerprint density at radius 2 is 1.90 bits per heavy atom. The lowest BCUT2D eigenvalue weighted by molar-refractivity contribution is -0.137. The van der Waals surface area contributed by atoms with Crippen molar-refractivity contribution in [3.63, 3.8) is 0 Å². The van der Waals surface area contributed by atoms with Crippen molar-refractivity contribution in [2.75, 3.05) is 0 Å². The van der Waals surface area contributed by atoms with Gasteiger partial charge in [-0.25, -0.2) is 0 Å². The Kier molecular flexibility index (Phi) is 4.24. The van der Waals surface area contributed by atoms with Crippen LogP contribution in [0.25, 0.3) is 0 Å². The summed E-state index contributed by atoms with van der Waals surface area (Å²) in [5.74, 6) is 0.477. The van der Waals surface area contributed by atoms with Crippen LogP contribution < -0.4 is 4.74 Å². The molecule has 0 aromatic heterocycles. The maximum Gasteiger partial charge on any atom is 0.416 e. The number of aryl methyl sites for hydroxylation is 1. The molecule has 0 saturated heterocycles. The first-order chi connectivity index (χ1) is 9.81. The summed E-state index contributed by atoms with van der Waals surface area (Å²) in [4.78, 5) is 0. The second kappa shape index (κ2) is 5.78. The van der Waals surface area contributed by atoms with Crippen LogP contribution in [0.3, 0.4) is 0 Å². The van der Waals surface area contributed by atoms with Gasteiger partial charge in [0.1, 0.15) is 17.6 Å². The molecule has 0 spiro atoms. The van der Waals surface area contributed by atoms with Crippen molar-refractivity contribution in [1.82, 2.24) is 0 Å². The van der Waals surface area contributed by atoms with Gasteiger partial charge >= 0.3 is 6.18 Å². The van der Waals surface area contributed by atoms with Crippen LogP contribution in [-0.2, 0) is 6.18 Å². The fourth-order valence-corrected chi connectivity index (χ4v) is 2.13. The van der Waals surface area contributed by atoms with Crippen LogP contribution in [-0.4, -0.2) is 0 Å². The second-order valence-corrected chi connectivity index (χ2v) is 5.19. The first-order valence-electron chi connectivity index (χ1n) is 5.86. The fourth-order valence-electron chi connectivity index (χ4n) is 1.72. The third-order valence-corrected chi connectivity index (χ3v) is 3.43. The summed E-state index contributed by atoms with van der Waals surface area (Å²) in [6, 6.07) is 9.82. The topological polar surface area (TPSA) is 33.0 Å². The minimum atomic E-state index is -4.42. The van der Waals surface area contributed by atoms with Crippen LogP contribution in [0.15, 0.2) is 40.9 Å². The molecule has 0 fully saturated rings. The molecule has 21 heavy (non-hydrogen) atoms. The SMILES string of the molecule is Cc1cc(C#N)c(Br)cc1Oc1cccc(C(F)(F)F)c1. The van der Waals surface area contributed by atoms with Gasteiger partial charge in [-0.2, -0.15) is 18.4 Å². The Labute approximate surface area is 127 Å². The lowest BCUT2D eigenvalue weighted by Crippen LogP contribution is -2.04. The predicted molar refractivity (Wildman–Crippen MR) is 75.1 cm³/mol. The molecule has 0 amide bonds. The molecule has 0 aliphatic heterocycles. The van der Waals surface area contributed by atoms with Gasteiger partial charge in [-0.3, -0.25) is 0 Å². The molecule has 0 aliphatic carbocycles. The van der Waals surface area contributed by atoms with E-state index in [1.54, 1.807) is 19.1 Å². The van der Waals surface area contributed by atoms with Gasteiger partial charge in [0.15, 0.2) is 0 Å². The maximum atomic E-state index is 12.6. The van der Waals surface area contributed by atoms with Crippen LogP contribution >= 0.6 is 15.9 Å². The molecule has 2 aromatic carbocycles. The second-order valence-electron chi connectivity index (χ2n) is 4.34. The van der Waals surface area contributed by atoms with Crippen LogP contribution in [0.4, 0.5) is 13.2 Å². The van der Waals surface area contributed by atoms with E-state index in [1.165, 1.54) is 12.1 Å². The van der Waals surface area contributed by atoms with Gasteiger partial charge in [-0.05, 0) is 58.7 Å². The van der Waals surface area contributed by atoms with Gasteiger partial charge < -0.3 is 4.74 Å². The first kappa shape index (κ1) is 15.4. The van der Waals surface area contributed by atoms with Crippen LogP contribution in [0.5, 0.6) is 11.5 Å².